The van der Waals surface area contributed by atoms with Crippen LogP contribution in [0.5, 0.6) is 5.88 Å². The molecule has 2 aromatic rings. The molecular weight excluding hydrogens is 415 g/mol. The van der Waals surface area contributed by atoms with E-state index >= 15 is 0 Å². The van der Waals surface area contributed by atoms with E-state index in [0.29, 0.717) is 12.4 Å². The van der Waals surface area contributed by atoms with E-state index in [2.05, 4.69) is 51.4 Å². The molecule has 0 amide bonds. The van der Waals surface area contributed by atoms with Crippen molar-refractivity contribution in [2.45, 2.75) is 20.0 Å². The highest BCUT2D eigenvalue weighted by Crippen LogP contribution is 2.13. The number of hydrogen-bond acceptors (Lipinski definition) is 3. The molecule has 0 aliphatic carbocycles. The lowest BCUT2D eigenvalue weighted by Gasteiger charge is -2.22. The maximum atomic E-state index is 5.27. The lowest BCUT2D eigenvalue weighted by atomic mass is 10.1. The SMILES string of the molecule is CN=C(NCc1cccnc1OC)N(C)Cc1ccc(C)cc1.I. The van der Waals surface area contributed by atoms with Crippen LogP contribution < -0.4 is 10.1 Å². The highest BCUT2D eigenvalue weighted by Gasteiger charge is 2.09. The third-order valence-corrected chi connectivity index (χ3v) is 3.59. The number of pyridine rings is 1. The fourth-order valence-corrected chi connectivity index (χ4v) is 2.34. The van der Waals surface area contributed by atoms with E-state index in [1.165, 1.54) is 11.1 Å². The van der Waals surface area contributed by atoms with Crippen molar-refractivity contribution >= 4 is 29.9 Å². The van der Waals surface area contributed by atoms with Gasteiger partial charge in [-0.2, -0.15) is 0 Å². The highest BCUT2D eigenvalue weighted by molar-refractivity contribution is 14.0. The summed E-state index contributed by atoms with van der Waals surface area (Å²) in [4.78, 5) is 10.6. The smallest absolute Gasteiger partial charge is 0.218 e. The molecule has 1 aromatic heterocycles. The molecule has 0 aliphatic heterocycles. The zero-order chi connectivity index (χ0) is 16.7. The van der Waals surface area contributed by atoms with Gasteiger partial charge < -0.3 is 15.0 Å². The van der Waals surface area contributed by atoms with Gasteiger partial charge >= 0.3 is 0 Å². The van der Waals surface area contributed by atoms with Crippen molar-refractivity contribution in [3.05, 3.63) is 59.3 Å². The van der Waals surface area contributed by atoms with Crippen LogP contribution in [-0.4, -0.2) is 37.0 Å². The van der Waals surface area contributed by atoms with Crippen LogP contribution in [0.15, 0.2) is 47.6 Å². The molecule has 2 rings (SSSR count). The Balaban J connectivity index is 0.00000288. The van der Waals surface area contributed by atoms with Crippen molar-refractivity contribution in [1.29, 1.82) is 0 Å². The Hall–Kier alpha value is -1.83. The van der Waals surface area contributed by atoms with Gasteiger partial charge in [0.1, 0.15) is 0 Å². The van der Waals surface area contributed by atoms with Gasteiger partial charge in [0.05, 0.1) is 7.11 Å². The molecule has 130 valence electrons. The third kappa shape index (κ3) is 5.67. The number of benzene rings is 1. The summed E-state index contributed by atoms with van der Waals surface area (Å²) in [5.74, 6) is 1.47. The average molecular weight is 440 g/mol. The summed E-state index contributed by atoms with van der Waals surface area (Å²) < 4.78 is 5.27. The van der Waals surface area contributed by atoms with E-state index in [-0.39, 0.29) is 24.0 Å². The minimum atomic E-state index is 0. The molecule has 0 fully saturated rings. The van der Waals surface area contributed by atoms with Gasteiger partial charge in [0.15, 0.2) is 5.96 Å². The van der Waals surface area contributed by atoms with Crippen LogP contribution in [0.4, 0.5) is 0 Å². The van der Waals surface area contributed by atoms with Crippen molar-refractivity contribution in [3.63, 3.8) is 0 Å². The summed E-state index contributed by atoms with van der Waals surface area (Å²) in [5.41, 5.74) is 3.52. The number of rotatable bonds is 5. The molecule has 0 saturated heterocycles. The minimum Gasteiger partial charge on any atom is -0.481 e. The van der Waals surface area contributed by atoms with Gasteiger partial charge in [0, 0.05) is 38.9 Å². The molecule has 5 nitrogen and oxygen atoms in total. The number of aliphatic imine (C=N–C) groups is 1. The summed E-state index contributed by atoms with van der Waals surface area (Å²) >= 11 is 0. The molecule has 0 radical (unpaired) electrons. The molecule has 1 aromatic carbocycles. The first kappa shape index (κ1) is 20.2. The highest BCUT2D eigenvalue weighted by atomic mass is 127. The predicted octanol–water partition coefficient (Wildman–Crippen LogP) is 3.22. The Kier molecular flexibility index (Phi) is 8.53. The first-order valence-electron chi connectivity index (χ1n) is 7.59. The van der Waals surface area contributed by atoms with E-state index in [4.69, 9.17) is 4.74 Å². The fraction of sp³-hybridized carbons (Fsp3) is 0.333. The van der Waals surface area contributed by atoms with E-state index in [9.17, 15) is 0 Å². The number of hydrogen-bond donors (Lipinski definition) is 1. The molecular formula is C18H25IN4O. The lowest BCUT2D eigenvalue weighted by molar-refractivity contribution is 0.391. The van der Waals surface area contributed by atoms with Gasteiger partial charge in [-0.15, -0.1) is 24.0 Å². The van der Waals surface area contributed by atoms with Crippen molar-refractivity contribution in [2.24, 2.45) is 4.99 Å². The molecule has 0 aliphatic rings. The van der Waals surface area contributed by atoms with Crippen molar-refractivity contribution < 1.29 is 4.74 Å². The minimum absolute atomic E-state index is 0. The van der Waals surface area contributed by atoms with Crippen molar-refractivity contribution in [3.8, 4) is 5.88 Å². The molecule has 1 N–H and O–H groups in total. The van der Waals surface area contributed by atoms with Gasteiger partial charge in [-0.3, -0.25) is 4.99 Å². The number of nitrogens with zero attached hydrogens (tertiary/aromatic N) is 3. The van der Waals surface area contributed by atoms with E-state index in [1.54, 1.807) is 20.4 Å². The maximum absolute atomic E-state index is 5.27. The molecule has 24 heavy (non-hydrogen) atoms. The molecule has 0 bridgehead atoms. The molecule has 1 heterocycles. The maximum Gasteiger partial charge on any atom is 0.218 e. The standard InChI is InChI=1S/C18H24N4O.HI/c1-14-7-9-15(10-8-14)13-22(3)18(19-2)21-12-16-6-5-11-20-17(16)23-4;/h5-11H,12-13H2,1-4H3,(H,19,21);1H. The number of aromatic nitrogens is 1. The fourth-order valence-electron chi connectivity index (χ4n) is 2.34. The first-order valence-corrected chi connectivity index (χ1v) is 7.59. The van der Waals surface area contributed by atoms with Crippen LogP contribution in [0.25, 0.3) is 0 Å². The van der Waals surface area contributed by atoms with Gasteiger partial charge in [0.2, 0.25) is 5.88 Å². The quantitative estimate of drug-likeness (QED) is 0.441. The largest absolute Gasteiger partial charge is 0.481 e. The summed E-state index contributed by atoms with van der Waals surface area (Å²) in [6.45, 7) is 3.50. The van der Waals surface area contributed by atoms with Crippen LogP contribution in [0.1, 0.15) is 16.7 Å². The van der Waals surface area contributed by atoms with Gasteiger partial charge in [-0.25, -0.2) is 4.98 Å². The second kappa shape index (κ2) is 10.1. The number of guanidine groups is 1. The van der Waals surface area contributed by atoms with E-state index in [0.717, 1.165) is 18.1 Å². The number of halogens is 1. The van der Waals surface area contributed by atoms with E-state index in [1.807, 2.05) is 19.2 Å². The van der Waals surface area contributed by atoms with Gasteiger partial charge in [-0.05, 0) is 18.6 Å². The second-order valence-corrected chi connectivity index (χ2v) is 5.41. The molecule has 6 heteroatoms. The summed E-state index contributed by atoms with van der Waals surface area (Å²) in [7, 11) is 5.44. The molecule has 0 atom stereocenters. The molecule has 0 spiro atoms. The number of nitrogens with one attached hydrogen (secondary N) is 1. The van der Waals surface area contributed by atoms with E-state index < -0.39 is 0 Å². The lowest BCUT2D eigenvalue weighted by Crippen LogP contribution is -2.38. The summed E-state index contributed by atoms with van der Waals surface area (Å²) in [6.07, 6.45) is 1.72. The number of aryl methyl sites for hydroxylation is 1. The Labute approximate surface area is 161 Å². The second-order valence-electron chi connectivity index (χ2n) is 5.41. The van der Waals surface area contributed by atoms with Gasteiger partial charge in [0.25, 0.3) is 0 Å². The Morgan fingerprint density at radius 3 is 2.58 bits per heavy atom. The summed E-state index contributed by atoms with van der Waals surface area (Å²) in [5, 5.41) is 3.35. The van der Waals surface area contributed by atoms with Crippen LogP contribution in [0.2, 0.25) is 0 Å². The zero-order valence-corrected chi connectivity index (χ0v) is 16.9. The Morgan fingerprint density at radius 1 is 1.25 bits per heavy atom. The van der Waals surface area contributed by atoms with Crippen LogP contribution in [-0.2, 0) is 13.1 Å². The number of ether oxygens (including phenoxy) is 1. The van der Waals surface area contributed by atoms with Crippen molar-refractivity contribution in [1.82, 2.24) is 15.2 Å². The summed E-state index contributed by atoms with van der Waals surface area (Å²) in [6, 6.07) is 12.4. The normalized spacial score (nSPS) is 10.8. The molecule has 0 saturated carbocycles. The first-order chi connectivity index (χ1) is 11.1. The van der Waals surface area contributed by atoms with Crippen LogP contribution in [0.3, 0.4) is 0 Å². The van der Waals surface area contributed by atoms with Crippen molar-refractivity contribution in [2.75, 3.05) is 21.2 Å². The van der Waals surface area contributed by atoms with Gasteiger partial charge in [-0.1, -0.05) is 35.9 Å². The Morgan fingerprint density at radius 2 is 1.96 bits per heavy atom. The topological polar surface area (TPSA) is 49.8 Å². The Bertz CT molecular complexity index is 658. The van der Waals surface area contributed by atoms with Crippen LogP contribution >= 0.6 is 24.0 Å². The third-order valence-electron chi connectivity index (χ3n) is 3.59. The zero-order valence-electron chi connectivity index (χ0n) is 14.6. The van der Waals surface area contributed by atoms with Crippen LogP contribution in [0, 0.1) is 6.92 Å². The molecule has 0 unspecified atom stereocenters. The predicted molar refractivity (Wildman–Crippen MR) is 109 cm³/mol. The monoisotopic (exact) mass is 440 g/mol. The average Bonchev–Trinajstić information content (AvgIpc) is 2.58. The number of methoxy groups -OCH3 is 1.